The van der Waals surface area contributed by atoms with Gasteiger partial charge in [-0.3, -0.25) is 9.69 Å². The number of carbonyl (C=O) groups excluding carboxylic acids is 2. The van der Waals surface area contributed by atoms with Crippen LogP contribution in [0, 0.1) is 11.8 Å². The van der Waals surface area contributed by atoms with E-state index in [0.29, 0.717) is 37.3 Å². The second kappa shape index (κ2) is 8.22. The molecule has 2 unspecified atom stereocenters. The Morgan fingerprint density at radius 2 is 1.87 bits per heavy atom. The number of halogens is 3. The van der Waals surface area contributed by atoms with Gasteiger partial charge in [-0.05, 0) is 29.5 Å². The van der Waals surface area contributed by atoms with Crippen LogP contribution in [0.5, 0.6) is 5.75 Å². The fraction of sp³-hybridized carbons (Fsp3) is 0.450. The molecule has 2 aliphatic heterocycles. The molecule has 0 saturated carbocycles. The van der Waals surface area contributed by atoms with E-state index in [1.807, 2.05) is 0 Å². The first-order valence-electron chi connectivity index (χ1n) is 9.86. The summed E-state index contributed by atoms with van der Waals surface area (Å²) in [5.74, 6) is 0.430. The number of rotatable bonds is 4. The van der Waals surface area contributed by atoms with Gasteiger partial charge in [0.05, 0.1) is 0 Å². The van der Waals surface area contributed by atoms with Gasteiger partial charge < -0.3 is 15.0 Å². The first-order valence-corrected chi connectivity index (χ1v) is 9.86. The monoisotopic (exact) mass is 437 g/mol. The van der Waals surface area contributed by atoms with Crippen LogP contribution in [0.4, 0.5) is 23.8 Å². The number of hydrogen-bond acceptors (Lipinski definition) is 5. The largest absolute Gasteiger partial charge is 0.573 e. The van der Waals surface area contributed by atoms with Gasteiger partial charge in [0, 0.05) is 51.9 Å². The molecule has 3 heterocycles. The smallest absolute Gasteiger partial charge is 0.406 e. The summed E-state index contributed by atoms with van der Waals surface area (Å²) in [7, 11) is 0. The lowest BCUT2D eigenvalue weighted by Crippen LogP contribution is -2.36. The van der Waals surface area contributed by atoms with Crippen molar-refractivity contribution in [3.8, 4) is 5.75 Å². The lowest BCUT2D eigenvalue weighted by atomic mass is 10.0. The zero-order chi connectivity index (χ0) is 22.2. The molecule has 1 aromatic heterocycles. The summed E-state index contributed by atoms with van der Waals surface area (Å²) in [5, 5.41) is 6.62. The molecule has 2 fully saturated rings. The average molecular weight is 437 g/mol. The molecule has 2 aliphatic rings. The fourth-order valence-electron chi connectivity index (χ4n) is 4.30. The summed E-state index contributed by atoms with van der Waals surface area (Å²) < 4.78 is 42.5. The first-order chi connectivity index (χ1) is 14.7. The molecule has 1 aromatic carbocycles. The maximum atomic E-state index is 12.7. The highest BCUT2D eigenvalue weighted by Gasteiger charge is 2.42. The number of likely N-dealkylation sites (tertiary alicyclic amines) is 2. The minimum Gasteiger partial charge on any atom is -0.406 e. The predicted octanol–water partition coefficient (Wildman–Crippen LogP) is 2.77. The fourth-order valence-corrected chi connectivity index (χ4v) is 4.30. The van der Waals surface area contributed by atoms with Gasteiger partial charge in [0.15, 0.2) is 5.82 Å². The third-order valence-electron chi connectivity index (χ3n) is 5.46. The van der Waals surface area contributed by atoms with Crippen molar-refractivity contribution in [3.05, 3.63) is 42.1 Å². The second-order valence-electron chi connectivity index (χ2n) is 7.92. The van der Waals surface area contributed by atoms with Crippen molar-refractivity contribution in [2.75, 3.05) is 31.5 Å². The van der Waals surface area contributed by atoms with Gasteiger partial charge in [-0.1, -0.05) is 12.1 Å². The molecule has 11 heteroatoms. The summed E-state index contributed by atoms with van der Waals surface area (Å²) in [6.07, 6.45) is -3.19. The molecule has 166 valence electrons. The number of ether oxygens (including phenoxy) is 1. The second-order valence-corrected chi connectivity index (χ2v) is 7.92. The number of nitrogens with zero attached hydrogens (tertiary/aromatic N) is 4. The van der Waals surface area contributed by atoms with Crippen molar-refractivity contribution in [2.45, 2.75) is 19.8 Å². The van der Waals surface area contributed by atoms with Gasteiger partial charge in [0.1, 0.15) is 5.75 Å². The quantitative estimate of drug-likeness (QED) is 0.796. The Morgan fingerprint density at radius 1 is 1.16 bits per heavy atom. The standard InChI is InChI=1S/C20H22F3N5O3/c1-13(29)24-18-5-6-28(25-18)19(30)27-11-15-9-26(10-16(15)12-27)8-14-3-2-4-17(7-14)31-20(21,22)23/h2-7,15-16H,8-12H2,1H3,(H,24,25,29). The highest BCUT2D eigenvalue weighted by Crippen LogP contribution is 2.33. The van der Waals surface area contributed by atoms with Crippen LogP contribution in [0.3, 0.4) is 0 Å². The number of amides is 2. The van der Waals surface area contributed by atoms with Crippen LogP contribution in [-0.2, 0) is 11.3 Å². The highest BCUT2D eigenvalue weighted by atomic mass is 19.4. The SMILES string of the molecule is CC(=O)Nc1ccn(C(=O)N2CC3CN(Cc4cccc(OC(F)(F)F)c4)CC3C2)n1. The van der Waals surface area contributed by atoms with Crippen LogP contribution in [0.2, 0.25) is 0 Å². The molecule has 0 bridgehead atoms. The minimum absolute atomic E-state index is 0.223. The molecular formula is C20H22F3N5O3. The van der Waals surface area contributed by atoms with E-state index in [4.69, 9.17) is 0 Å². The summed E-state index contributed by atoms with van der Waals surface area (Å²) in [6.45, 7) is 4.59. The summed E-state index contributed by atoms with van der Waals surface area (Å²) in [4.78, 5) is 27.7. The molecule has 0 radical (unpaired) electrons. The molecule has 2 aromatic rings. The molecule has 2 saturated heterocycles. The number of aromatic nitrogens is 2. The lowest BCUT2D eigenvalue weighted by molar-refractivity contribution is -0.274. The zero-order valence-electron chi connectivity index (χ0n) is 16.8. The number of fused-ring (bicyclic) bond motifs is 1. The minimum atomic E-state index is -4.71. The maximum Gasteiger partial charge on any atom is 0.573 e. The Labute approximate surface area is 176 Å². The number of anilines is 1. The van der Waals surface area contributed by atoms with Gasteiger partial charge in [0.25, 0.3) is 0 Å². The van der Waals surface area contributed by atoms with Crippen LogP contribution < -0.4 is 10.1 Å². The third kappa shape index (κ3) is 5.16. The van der Waals surface area contributed by atoms with Crippen molar-refractivity contribution in [1.29, 1.82) is 0 Å². The van der Waals surface area contributed by atoms with Crippen molar-refractivity contribution in [3.63, 3.8) is 0 Å². The molecular weight excluding hydrogens is 415 g/mol. The first kappa shape index (κ1) is 21.2. The van der Waals surface area contributed by atoms with Crippen LogP contribution >= 0.6 is 0 Å². The van der Waals surface area contributed by atoms with Crippen LogP contribution in [0.1, 0.15) is 12.5 Å². The number of hydrogen-bond donors (Lipinski definition) is 1. The van der Waals surface area contributed by atoms with E-state index in [0.717, 1.165) is 18.7 Å². The Morgan fingerprint density at radius 3 is 2.52 bits per heavy atom. The molecule has 8 nitrogen and oxygen atoms in total. The van der Waals surface area contributed by atoms with E-state index in [-0.39, 0.29) is 17.7 Å². The predicted molar refractivity (Wildman–Crippen MR) is 104 cm³/mol. The molecule has 2 atom stereocenters. The Bertz CT molecular complexity index is 963. The molecule has 0 aliphatic carbocycles. The van der Waals surface area contributed by atoms with Gasteiger partial charge in [-0.15, -0.1) is 18.3 Å². The molecule has 2 amide bonds. The van der Waals surface area contributed by atoms with Gasteiger partial charge >= 0.3 is 12.4 Å². The van der Waals surface area contributed by atoms with E-state index in [2.05, 4.69) is 20.1 Å². The Balaban J connectivity index is 1.31. The highest BCUT2D eigenvalue weighted by molar-refractivity contribution is 5.88. The van der Waals surface area contributed by atoms with Gasteiger partial charge in [0.2, 0.25) is 5.91 Å². The summed E-state index contributed by atoms with van der Waals surface area (Å²) in [6, 6.07) is 7.33. The summed E-state index contributed by atoms with van der Waals surface area (Å²) >= 11 is 0. The van der Waals surface area contributed by atoms with Crippen molar-refractivity contribution < 1.29 is 27.5 Å². The van der Waals surface area contributed by atoms with Crippen LogP contribution in [0.15, 0.2) is 36.5 Å². The summed E-state index contributed by atoms with van der Waals surface area (Å²) in [5.41, 5.74) is 0.747. The number of benzene rings is 1. The normalized spacial score (nSPS) is 21.2. The van der Waals surface area contributed by atoms with E-state index in [1.165, 1.54) is 29.9 Å². The van der Waals surface area contributed by atoms with E-state index in [1.54, 1.807) is 23.1 Å². The van der Waals surface area contributed by atoms with Gasteiger partial charge in [-0.25, -0.2) is 4.79 Å². The van der Waals surface area contributed by atoms with E-state index >= 15 is 0 Å². The molecule has 1 N–H and O–H groups in total. The van der Waals surface area contributed by atoms with Crippen molar-refractivity contribution >= 4 is 17.8 Å². The number of nitrogens with one attached hydrogen (secondary N) is 1. The third-order valence-corrected chi connectivity index (χ3v) is 5.46. The van der Waals surface area contributed by atoms with Crippen LogP contribution in [-0.4, -0.2) is 64.1 Å². The zero-order valence-corrected chi connectivity index (χ0v) is 16.8. The van der Waals surface area contributed by atoms with E-state index < -0.39 is 6.36 Å². The molecule has 4 rings (SSSR count). The van der Waals surface area contributed by atoms with Gasteiger partial charge in [-0.2, -0.15) is 4.68 Å². The van der Waals surface area contributed by atoms with Crippen molar-refractivity contribution in [2.24, 2.45) is 11.8 Å². The average Bonchev–Trinajstić information content (AvgIpc) is 3.34. The Kier molecular flexibility index (Phi) is 5.61. The van der Waals surface area contributed by atoms with Crippen LogP contribution in [0.25, 0.3) is 0 Å². The molecule has 0 spiro atoms. The topological polar surface area (TPSA) is 79.7 Å². The Hall–Kier alpha value is -3.08. The van der Waals surface area contributed by atoms with Crippen molar-refractivity contribution in [1.82, 2.24) is 19.6 Å². The van der Waals surface area contributed by atoms with E-state index in [9.17, 15) is 22.8 Å². The lowest BCUT2D eigenvalue weighted by Gasteiger charge is -2.21. The number of alkyl halides is 3. The molecule has 31 heavy (non-hydrogen) atoms. The maximum absolute atomic E-state index is 12.7. The number of carbonyl (C=O) groups is 2.